The highest BCUT2D eigenvalue weighted by molar-refractivity contribution is 7.16. The van der Waals surface area contributed by atoms with Gasteiger partial charge in [0.2, 0.25) is 0 Å². The minimum atomic E-state index is -0.440. The monoisotopic (exact) mass is 271 g/mol. The van der Waals surface area contributed by atoms with Crippen LogP contribution in [0.25, 0.3) is 0 Å². The van der Waals surface area contributed by atoms with E-state index < -0.39 is 6.10 Å². The molecule has 0 fully saturated rings. The molecule has 0 radical (unpaired) electrons. The molecule has 94 valence electrons. The maximum Gasteiger partial charge on any atom is 0.0932 e. The average molecular weight is 272 g/mol. The van der Waals surface area contributed by atoms with Gasteiger partial charge >= 0.3 is 0 Å². The van der Waals surface area contributed by atoms with Gasteiger partial charge in [-0.3, -0.25) is 4.90 Å². The molecule has 1 aromatic rings. The zero-order valence-corrected chi connectivity index (χ0v) is 11.4. The molecule has 0 amide bonds. The van der Waals surface area contributed by atoms with Crippen molar-refractivity contribution >= 4 is 22.9 Å². The highest BCUT2D eigenvalue weighted by atomic mass is 35.5. The van der Waals surface area contributed by atoms with Crippen molar-refractivity contribution in [1.82, 2.24) is 4.90 Å². The molecule has 2 nitrogen and oxygen atoms in total. The van der Waals surface area contributed by atoms with Crippen LogP contribution in [0.3, 0.4) is 0 Å². The van der Waals surface area contributed by atoms with Crippen LogP contribution in [-0.2, 0) is 0 Å². The van der Waals surface area contributed by atoms with Crippen molar-refractivity contribution in [2.45, 2.75) is 12.5 Å². The normalized spacial score (nSPS) is 12.6. The minimum Gasteiger partial charge on any atom is -0.388 e. The third kappa shape index (κ3) is 5.04. The Labute approximate surface area is 112 Å². The predicted molar refractivity (Wildman–Crippen MR) is 75.7 cm³/mol. The maximum absolute atomic E-state index is 9.99. The Hall–Kier alpha value is -0.610. The summed E-state index contributed by atoms with van der Waals surface area (Å²) in [5.41, 5.74) is 0. The van der Waals surface area contributed by atoms with Gasteiger partial charge in [0.15, 0.2) is 0 Å². The van der Waals surface area contributed by atoms with Crippen molar-refractivity contribution in [3.8, 4) is 0 Å². The second-order valence-corrected chi connectivity index (χ2v) is 5.53. The van der Waals surface area contributed by atoms with Crippen LogP contribution < -0.4 is 0 Å². The van der Waals surface area contributed by atoms with Gasteiger partial charge in [0.1, 0.15) is 0 Å². The number of hydrogen-bond donors (Lipinski definition) is 1. The number of thiophene rings is 1. The first-order valence-corrected chi connectivity index (χ1v) is 6.74. The quantitative estimate of drug-likeness (QED) is 0.732. The smallest absolute Gasteiger partial charge is 0.0932 e. The molecule has 1 N–H and O–H groups in total. The molecule has 0 bridgehead atoms. The van der Waals surface area contributed by atoms with Crippen molar-refractivity contribution in [1.29, 1.82) is 0 Å². The van der Waals surface area contributed by atoms with Crippen molar-refractivity contribution in [3.63, 3.8) is 0 Å². The Morgan fingerprint density at radius 1 is 1.35 bits per heavy atom. The van der Waals surface area contributed by atoms with Crippen LogP contribution in [0.4, 0.5) is 0 Å². The van der Waals surface area contributed by atoms with Crippen LogP contribution in [0, 0.1) is 0 Å². The number of aliphatic hydroxyl groups is 1. The lowest BCUT2D eigenvalue weighted by Gasteiger charge is -2.20. The van der Waals surface area contributed by atoms with E-state index in [1.165, 1.54) is 11.3 Å². The molecule has 17 heavy (non-hydrogen) atoms. The molecular formula is C13H18ClNOS. The molecule has 4 heteroatoms. The summed E-state index contributed by atoms with van der Waals surface area (Å²) in [6, 6.07) is 3.69. The van der Waals surface area contributed by atoms with E-state index in [0.717, 1.165) is 24.5 Å². The fourth-order valence-corrected chi connectivity index (χ4v) is 2.66. The van der Waals surface area contributed by atoms with Crippen molar-refractivity contribution in [2.75, 3.05) is 19.6 Å². The minimum absolute atomic E-state index is 0.440. The predicted octanol–water partition coefficient (Wildman–Crippen LogP) is 3.50. The summed E-state index contributed by atoms with van der Waals surface area (Å²) >= 11 is 7.27. The van der Waals surface area contributed by atoms with Crippen LogP contribution in [0.15, 0.2) is 37.4 Å². The topological polar surface area (TPSA) is 23.5 Å². The molecule has 0 aliphatic rings. The van der Waals surface area contributed by atoms with E-state index in [1.54, 1.807) is 0 Å². The maximum atomic E-state index is 9.99. The highest BCUT2D eigenvalue weighted by Gasteiger charge is 2.11. The largest absolute Gasteiger partial charge is 0.388 e. The summed E-state index contributed by atoms with van der Waals surface area (Å²) in [6.07, 6.45) is 3.97. The molecule has 0 spiro atoms. The third-order valence-corrected chi connectivity index (χ3v) is 3.75. The van der Waals surface area contributed by atoms with Gasteiger partial charge in [0.05, 0.1) is 10.4 Å². The molecule has 1 aromatic heterocycles. The summed E-state index contributed by atoms with van der Waals surface area (Å²) in [7, 11) is 0. The van der Waals surface area contributed by atoms with Gasteiger partial charge in [0, 0.05) is 24.5 Å². The van der Waals surface area contributed by atoms with Gasteiger partial charge in [-0.2, -0.15) is 0 Å². The molecule has 1 unspecified atom stereocenters. The lowest BCUT2D eigenvalue weighted by atomic mass is 10.2. The number of rotatable bonds is 8. The Morgan fingerprint density at radius 3 is 2.47 bits per heavy atom. The van der Waals surface area contributed by atoms with E-state index in [0.29, 0.717) is 10.8 Å². The van der Waals surface area contributed by atoms with E-state index in [-0.39, 0.29) is 0 Å². The molecule has 0 aliphatic carbocycles. The molecule has 1 atom stereocenters. The van der Waals surface area contributed by atoms with Gasteiger partial charge in [0.25, 0.3) is 0 Å². The second-order valence-electron chi connectivity index (χ2n) is 3.78. The Kier molecular flexibility index (Phi) is 6.52. The molecule has 0 saturated carbocycles. The average Bonchev–Trinajstić information content (AvgIpc) is 2.73. The van der Waals surface area contributed by atoms with Crippen LogP contribution in [0.5, 0.6) is 0 Å². The SMILES string of the molecule is C=CCN(CC=C)CCC(O)c1ccc(Cl)s1. The lowest BCUT2D eigenvalue weighted by molar-refractivity contribution is 0.152. The number of hydrogen-bond acceptors (Lipinski definition) is 3. The Balaban J connectivity index is 2.42. The lowest BCUT2D eigenvalue weighted by Crippen LogP contribution is -2.26. The fraction of sp³-hybridized carbons (Fsp3) is 0.385. The molecule has 0 aliphatic heterocycles. The van der Waals surface area contributed by atoms with Gasteiger partial charge in [-0.05, 0) is 18.6 Å². The standard InChI is InChI=1S/C13H18ClNOS/c1-3-8-15(9-4-2)10-7-11(16)12-5-6-13(14)17-12/h3-6,11,16H,1-2,7-10H2. The van der Waals surface area contributed by atoms with Gasteiger partial charge < -0.3 is 5.11 Å². The van der Waals surface area contributed by atoms with Gasteiger partial charge in [-0.1, -0.05) is 23.8 Å². The van der Waals surface area contributed by atoms with E-state index in [1.807, 2.05) is 24.3 Å². The molecule has 0 aromatic carbocycles. The van der Waals surface area contributed by atoms with Crippen molar-refractivity contribution in [2.24, 2.45) is 0 Å². The zero-order chi connectivity index (χ0) is 12.7. The van der Waals surface area contributed by atoms with E-state index in [9.17, 15) is 5.11 Å². The van der Waals surface area contributed by atoms with Crippen LogP contribution in [0.1, 0.15) is 17.4 Å². The molecule has 1 rings (SSSR count). The van der Waals surface area contributed by atoms with Crippen molar-refractivity contribution in [3.05, 3.63) is 46.7 Å². The zero-order valence-electron chi connectivity index (χ0n) is 9.81. The van der Waals surface area contributed by atoms with Gasteiger partial charge in [-0.15, -0.1) is 24.5 Å². The molecule has 1 heterocycles. The summed E-state index contributed by atoms with van der Waals surface area (Å²) in [6.45, 7) is 9.87. The van der Waals surface area contributed by atoms with E-state index in [4.69, 9.17) is 11.6 Å². The first-order chi connectivity index (χ1) is 8.17. The third-order valence-electron chi connectivity index (χ3n) is 2.42. The first kappa shape index (κ1) is 14.5. The fourth-order valence-electron chi connectivity index (χ4n) is 1.58. The molecular weight excluding hydrogens is 254 g/mol. The van der Waals surface area contributed by atoms with Crippen LogP contribution >= 0.6 is 22.9 Å². The second kappa shape index (κ2) is 7.67. The van der Waals surface area contributed by atoms with E-state index in [2.05, 4.69) is 18.1 Å². The highest BCUT2D eigenvalue weighted by Crippen LogP contribution is 2.28. The number of nitrogens with zero attached hydrogens (tertiary/aromatic N) is 1. The Bertz CT molecular complexity index is 354. The summed E-state index contributed by atoms with van der Waals surface area (Å²) < 4.78 is 0.716. The molecule has 0 saturated heterocycles. The number of aliphatic hydroxyl groups excluding tert-OH is 1. The summed E-state index contributed by atoms with van der Waals surface area (Å²) in [5.74, 6) is 0. The van der Waals surface area contributed by atoms with Crippen LogP contribution in [-0.4, -0.2) is 29.6 Å². The van der Waals surface area contributed by atoms with E-state index >= 15 is 0 Å². The summed E-state index contributed by atoms with van der Waals surface area (Å²) in [5, 5.41) is 9.99. The first-order valence-electron chi connectivity index (χ1n) is 5.54. The van der Waals surface area contributed by atoms with Gasteiger partial charge in [-0.25, -0.2) is 0 Å². The number of halogens is 1. The van der Waals surface area contributed by atoms with Crippen molar-refractivity contribution < 1.29 is 5.11 Å². The summed E-state index contributed by atoms with van der Waals surface area (Å²) in [4.78, 5) is 3.10. The Morgan fingerprint density at radius 2 is 2.00 bits per heavy atom. The van der Waals surface area contributed by atoms with Crippen LogP contribution in [0.2, 0.25) is 4.34 Å².